The quantitative estimate of drug-likeness (QED) is 0.401. The third kappa shape index (κ3) is 4.96. The SMILES string of the molecule is CN=C(NCCc1cccc2ccccc12)N1CCOC(C2CCCO2)C1.I. The minimum Gasteiger partial charge on any atom is -0.375 e. The fourth-order valence-corrected chi connectivity index (χ4v) is 4.14. The van der Waals surface area contributed by atoms with E-state index in [0.29, 0.717) is 0 Å². The van der Waals surface area contributed by atoms with Crippen LogP contribution < -0.4 is 5.32 Å². The molecule has 2 atom stereocenters. The summed E-state index contributed by atoms with van der Waals surface area (Å²) < 4.78 is 11.8. The first-order valence-corrected chi connectivity index (χ1v) is 10.0. The molecule has 0 aliphatic carbocycles. The Bertz CT molecular complexity index is 787. The van der Waals surface area contributed by atoms with Crippen molar-refractivity contribution >= 4 is 40.7 Å². The number of morpholine rings is 1. The van der Waals surface area contributed by atoms with Crippen molar-refractivity contribution in [2.24, 2.45) is 4.99 Å². The highest BCUT2D eigenvalue weighted by Crippen LogP contribution is 2.21. The number of halogens is 1. The van der Waals surface area contributed by atoms with Gasteiger partial charge in [-0.05, 0) is 35.6 Å². The van der Waals surface area contributed by atoms with Crippen molar-refractivity contribution in [1.82, 2.24) is 10.2 Å². The normalized spacial score (nSPS) is 22.9. The van der Waals surface area contributed by atoms with Gasteiger partial charge in [-0.25, -0.2) is 0 Å². The van der Waals surface area contributed by atoms with E-state index < -0.39 is 0 Å². The number of benzene rings is 2. The molecule has 2 aromatic rings. The van der Waals surface area contributed by atoms with Gasteiger partial charge in [0, 0.05) is 33.3 Å². The minimum absolute atomic E-state index is 0. The van der Waals surface area contributed by atoms with Gasteiger partial charge in [0.2, 0.25) is 0 Å². The zero-order valence-electron chi connectivity index (χ0n) is 16.5. The number of hydrogen-bond donors (Lipinski definition) is 1. The summed E-state index contributed by atoms with van der Waals surface area (Å²) >= 11 is 0. The highest BCUT2D eigenvalue weighted by atomic mass is 127. The highest BCUT2D eigenvalue weighted by molar-refractivity contribution is 14.0. The molecule has 4 rings (SSSR count). The van der Waals surface area contributed by atoms with Gasteiger partial charge in [-0.1, -0.05) is 42.5 Å². The summed E-state index contributed by atoms with van der Waals surface area (Å²) in [7, 11) is 1.86. The summed E-state index contributed by atoms with van der Waals surface area (Å²) in [5.74, 6) is 0.960. The molecule has 0 bridgehead atoms. The van der Waals surface area contributed by atoms with Crippen molar-refractivity contribution < 1.29 is 9.47 Å². The Kier molecular flexibility index (Phi) is 7.93. The lowest BCUT2D eigenvalue weighted by molar-refractivity contribution is -0.0816. The number of aliphatic imine (C=N–C) groups is 1. The molecule has 2 aliphatic heterocycles. The summed E-state index contributed by atoms with van der Waals surface area (Å²) in [6.07, 6.45) is 3.60. The van der Waals surface area contributed by atoms with E-state index in [2.05, 4.69) is 57.7 Å². The molecule has 0 amide bonds. The summed E-state index contributed by atoms with van der Waals surface area (Å²) in [5.41, 5.74) is 1.37. The molecule has 6 heteroatoms. The maximum Gasteiger partial charge on any atom is 0.193 e. The molecule has 2 fully saturated rings. The Balaban J connectivity index is 0.00000225. The average molecular weight is 495 g/mol. The number of guanidine groups is 1. The molecular formula is C22H30IN3O2. The second-order valence-electron chi connectivity index (χ2n) is 7.27. The maximum absolute atomic E-state index is 5.96. The molecular weight excluding hydrogens is 465 g/mol. The van der Waals surface area contributed by atoms with Crippen LogP contribution in [-0.4, -0.2) is 63.0 Å². The molecule has 1 N–H and O–H groups in total. The van der Waals surface area contributed by atoms with E-state index in [1.54, 1.807) is 0 Å². The Morgan fingerprint density at radius 2 is 1.93 bits per heavy atom. The topological polar surface area (TPSA) is 46.1 Å². The number of fused-ring (bicyclic) bond motifs is 1. The van der Waals surface area contributed by atoms with Crippen LogP contribution in [0.4, 0.5) is 0 Å². The smallest absolute Gasteiger partial charge is 0.193 e. The lowest BCUT2D eigenvalue weighted by atomic mass is 10.0. The van der Waals surface area contributed by atoms with Crippen LogP contribution in [0.25, 0.3) is 10.8 Å². The van der Waals surface area contributed by atoms with E-state index in [0.717, 1.165) is 58.1 Å². The van der Waals surface area contributed by atoms with Crippen LogP contribution in [0.5, 0.6) is 0 Å². The van der Waals surface area contributed by atoms with Crippen molar-refractivity contribution in [3.05, 3.63) is 48.0 Å². The molecule has 152 valence electrons. The van der Waals surface area contributed by atoms with Crippen LogP contribution in [0.2, 0.25) is 0 Å². The van der Waals surface area contributed by atoms with E-state index in [9.17, 15) is 0 Å². The van der Waals surface area contributed by atoms with Crippen molar-refractivity contribution in [3.63, 3.8) is 0 Å². The minimum atomic E-state index is 0. The van der Waals surface area contributed by atoms with Gasteiger partial charge in [0.05, 0.1) is 12.7 Å². The molecule has 2 saturated heterocycles. The Morgan fingerprint density at radius 3 is 2.75 bits per heavy atom. The number of rotatable bonds is 4. The van der Waals surface area contributed by atoms with Gasteiger partial charge >= 0.3 is 0 Å². The highest BCUT2D eigenvalue weighted by Gasteiger charge is 2.32. The molecule has 2 heterocycles. The zero-order valence-corrected chi connectivity index (χ0v) is 18.8. The van der Waals surface area contributed by atoms with Crippen LogP contribution in [-0.2, 0) is 15.9 Å². The van der Waals surface area contributed by atoms with E-state index in [1.165, 1.54) is 16.3 Å². The van der Waals surface area contributed by atoms with Crippen molar-refractivity contribution in [1.29, 1.82) is 0 Å². The Morgan fingerprint density at radius 1 is 1.11 bits per heavy atom. The van der Waals surface area contributed by atoms with E-state index in [1.807, 2.05) is 7.05 Å². The Hall–Kier alpha value is -1.38. The second-order valence-corrected chi connectivity index (χ2v) is 7.27. The van der Waals surface area contributed by atoms with Crippen LogP contribution in [0.3, 0.4) is 0 Å². The third-order valence-electron chi connectivity index (χ3n) is 5.54. The molecule has 0 spiro atoms. The van der Waals surface area contributed by atoms with Gasteiger partial charge < -0.3 is 19.7 Å². The third-order valence-corrected chi connectivity index (χ3v) is 5.54. The molecule has 2 unspecified atom stereocenters. The summed E-state index contributed by atoms with van der Waals surface area (Å²) in [4.78, 5) is 6.81. The second kappa shape index (κ2) is 10.4. The molecule has 0 saturated carbocycles. The first kappa shape index (κ1) is 21.3. The number of hydrogen-bond acceptors (Lipinski definition) is 3. The fraction of sp³-hybridized carbons (Fsp3) is 0.500. The average Bonchev–Trinajstić information content (AvgIpc) is 3.26. The van der Waals surface area contributed by atoms with Gasteiger partial charge in [0.25, 0.3) is 0 Å². The molecule has 28 heavy (non-hydrogen) atoms. The summed E-state index contributed by atoms with van der Waals surface area (Å²) in [6, 6.07) is 15.1. The standard InChI is InChI=1S/C22H29N3O2.HI/c1-23-22(25-13-15-27-21(16-25)20-10-5-14-26-20)24-12-11-18-8-4-7-17-6-2-3-9-19(17)18;/h2-4,6-9,20-21H,5,10-16H2,1H3,(H,23,24);1H. The first-order valence-electron chi connectivity index (χ1n) is 10.0. The van der Waals surface area contributed by atoms with Crippen LogP contribution in [0.1, 0.15) is 18.4 Å². The van der Waals surface area contributed by atoms with E-state index in [4.69, 9.17) is 9.47 Å². The lowest BCUT2D eigenvalue weighted by Crippen LogP contribution is -2.53. The molecule has 2 aliphatic rings. The van der Waals surface area contributed by atoms with Crippen molar-refractivity contribution in [3.8, 4) is 0 Å². The predicted molar refractivity (Wildman–Crippen MR) is 125 cm³/mol. The van der Waals surface area contributed by atoms with Crippen LogP contribution in [0.15, 0.2) is 47.5 Å². The fourth-order valence-electron chi connectivity index (χ4n) is 4.14. The summed E-state index contributed by atoms with van der Waals surface area (Å²) in [5, 5.41) is 6.18. The Labute approximate surface area is 184 Å². The number of nitrogens with one attached hydrogen (secondary N) is 1. The van der Waals surface area contributed by atoms with Gasteiger partial charge in [0.1, 0.15) is 6.10 Å². The molecule has 0 radical (unpaired) electrons. The maximum atomic E-state index is 5.96. The van der Waals surface area contributed by atoms with Crippen LogP contribution in [0, 0.1) is 0 Å². The van der Waals surface area contributed by atoms with Crippen LogP contribution >= 0.6 is 24.0 Å². The monoisotopic (exact) mass is 495 g/mol. The van der Waals surface area contributed by atoms with Crippen molar-refractivity contribution in [2.75, 3.05) is 39.9 Å². The van der Waals surface area contributed by atoms with E-state index >= 15 is 0 Å². The van der Waals surface area contributed by atoms with E-state index in [-0.39, 0.29) is 36.2 Å². The van der Waals surface area contributed by atoms with Gasteiger partial charge in [0.15, 0.2) is 5.96 Å². The molecule has 5 nitrogen and oxygen atoms in total. The number of nitrogens with zero attached hydrogens (tertiary/aromatic N) is 2. The van der Waals surface area contributed by atoms with Gasteiger partial charge in [-0.2, -0.15) is 0 Å². The first-order chi connectivity index (χ1) is 13.3. The number of ether oxygens (including phenoxy) is 2. The largest absolute Gasteiger partial charge is 0.375 e. The van der Waals surface area contributed by atoms with Gasteiger partial charge in [-0.3, -0.25) is 4.99 Å². The van der Waals surface area contributed by atoms with Crippen molar-refractivity contribution in [2.45, 2.75) is 31.5 Å². The summed E-state index contributed by atoms with van der Waals surface area (Å²) in [6.45, 7) is 4.18. The van der Waals surface area contributed by atoms with Gasteiger partial charge in [-0.15, -0.1) is 24.0 Å². The predicted octanol–water partition coefficient (Wildman–Crippen LogP) is 3.46. The molecule has 2 aromatic carbocycles. The lowest BCUT2D eigenvalue weighted by Gasteiger charge is -2.37. The molecule has 0 aromatic heterocycles. The zero-order chi connectivity index (χ0) is 18.5.